The van der Waals surface area contributed by atoms with Crippen LogP contribution in [0.15, 0.2) is 33.9 Å². The normalized spacial score (nSPS) is 11.4. The first-order chi connectivity index (χ1) is 15.3. The van der Waals surface area contributed by atoms with Crippen LogP contribution >= 0.6 is 0 Å². The third kappa shape index (κ3) is 5.24. The molecule has 0 bridgehead atoms. The Kier molecular flexibility index (Phi) is 7.80. The topological polar surface area (TPSA) is 99.2 Å². The Hall–Kier alpha value is -3.00. The maximum Gasteiger partial charge on any atom is 0.332 e. The summed E-state index contributed by atoms with van der Waals surface area (Å²) < 4.78 is 8.66. The Morgan fingerprint density at radius 3 is 2.50 bits per heavy atom. The largest absolute Gasteiger partial charge is 0.487 e. The fourth-order valence-electron chi connectivity index (χ4n) is 3.63. The Bertz CT molecular complexity index is 1200. The Balaban J connectivity index is 2.10. The second kappa shape index (κ2) is 10.5. The summed E-state index contributed by atoms with van der Waals surface area (Å²) in [5.41, 5.74) is 1.98. The lowest BCUT2D eigenvalue weighted by Gasteiger charge is -2.16. The van der Waals surface area contributed by atoms with Crippen LogP contribution in [0, 0.1) is 12.8 Å². The first kappa shape index (κ1) is 23.7. The molecule has 0 atom stereocenters. The zero-order valence-electron chi connectivity index (χ0n) is 19.3. The molecule has 0 aliphatic carbocycles. The summed E-state index contributed by atoms with van der Waals surface area (Å²) in [7, 11) is 1.47. The van der Waals surface area contributed by atoms with Gasteiger partial charge in [-0.2, -0.15) is 0 Å². The summed E-state index contributed by atoms with van der Waals surface area (Å²) in [5, 5.41) is 9.07. The van der Waals surface area contributed by atoms with Gasteiger partial charge in [-0.25, -0.2) is 14.8 Å². The zero-order chi connectivity index (χ0) is 23.3. The van der Waals surface area contributed by atoms with Gasteiger partial charge in [-0.1, -0.05) is 38.5 Å². The molecule has 0 radical (unpaired) electrons. The van der Waals surface area contributed by atoms with Crippen LogP contribution < -0.4 is 16.0 Å². The van der Waals surface area contributed by atoms with Gasteiger partial charge in [-0.05, 0) is 43.7 Å². The van der Waals surface area contributed by atoms with Gasteiger partial charge in [-0.3, -0.25) is 13.9 Å². The van der Waals surface area contributed by atoms with E-state index in [4.69, 9.17) is 14.8 Å². The number of aliphatic hydroxyl groups is 1. The van der Waals surface area contributed by atoms with E-state index in [2.05, 4.69) is 4.98 Å². The van der Waals surface area contributed by atoms with Crippen molar-refractivity contribution >= 4 is 11.2 Å². The highest BCUT2D eigenvalue weighted by Crippen LogP contribution is 2.20. The van der Waals surface area contributed by atoms with E-state index in [-0.39, 0.29) is 24.6 Å². The summed E-state index contributed by atoms with van der Waals surface area (Å²) in [4.78, 5) is 35.1. The highest BCUT2D eigenvalue weighted by Gasteiger charge is 2.18. The van der Waals surface area contributed by atoms with Gasteiger partial charge < -0.3 is 9.84 Å². The van der Waals surface area contributed by atoms with Gasteiger partial charge in [0.05, 0.1) is 5.69 Å². The summed E-state index contributed by atoms with van der Waals surface area (Å²) >= 11 is 0. The molecule has 0 saturated carbocycles. The number of benzene rings is 1. The summed E-state index contributed by atoms with van der Waals surface area (Å²) in [6.45, 7) is 6.76. The van der Waals surface area contributed by atoms with E-state index in [1.165, 1.54) is 11.6 Å². The number of unbranched alkanes of at least 4 members (excludes halogenated alkanes) is 2. The molecule has 8 heteroatoms. The summed E-state index contributed by atoms with van der Waals surface area (Å²) in [5.74, 6) is 0.948. The predicted molar refractivity (Wildman–Crippen MR) is 124 cm³/mol. The van der Waals surface area contributed by atoms with Crippen molar-refractivity contribution in [3.63, 3.8) is 0 Å². The van der Waals surface area contributed by atoms with Gasteiger partial charge >= 0.3 is 5.69 Å². The van der Waals surface area contributed by atoms with Crippen molar-refractivity contribution in [3.8, 4) is 5.75 Å². The molecule has 0 unspecified atom stereocenters. The molecule has 0 saturated heterocycles. The minimum Gasteiger partial charge on any atom is -0.487 e. The van der Waals surface area contributed by atoms with E-state index in [0.29, 0.717) is 36.4 Å². The molecular weight excluding hydrogens is 408 g/mol. The standard InChI is InChI=1S/C24H32N4O4/c1-16(2)14-28-22-21(23(30)27(4)24(28)31)25-18(11-6-5-9-13-29)19(26-22)15-32-20-12-8-7-10-17(20)3/h7-8,10,12,16,29H,5-6,9,11,13-15H2,1-4H3. The lowest BCUT2D eigenvalue weighted by molar-refractivity contribution is 0.282. The molecule has 0 fully saturated rings. The predicted octanol–water partition coefficient (Wildman–Crippen LogP) is 2.74. The molecule has 3 aromatic rings. The van der Waals surface area contributed by atoms with Gasteiger partial charge in [0.1, 0.15) is 18.1 Å². The Morgan fingerprint density at radius 1 is 1.06 bits per heavy atom. The number of para-hydroxylation sites is 1. The fourth-order valence-corrected chi connectivity index (χ4v) is 3.63. The number of hydrogen-bond donors (Lipinski definition) is 1. The SMILES string of the molecule is Cc1ccccc1OCc1nc2c(nc1CCCCCO)c(=O)n(C)c(=O)n2CC(C)C. The van der Waals surface area contributed by atoms with Crippen LogP contribution in [0.5, 0.6) is 5.75 Å². The van der Waals surface area contributed by atoms with Crippen molar-refractivity contribution < 1.29 is 9.84 Å². The number of ether oxygens (including phenoxy) is 1. The third-order valence-corrected chi connectivity index (χ3v) is 5.39. The van der Waals surface area contributed by atoms with E-state index >= 15 is 0 Å². The smallest absolute Gasteiger partial charge is 0.332 e. The third-order valence-electron chi connectivity index (χ3n) is 5.39. The van der Waals surface area contributed by atoms with Crippen molar-refractivity contribution in [2.24, 2.45) is 13.0 Å². The molecule has 8 nitrogen and oxygen atoms in total. The number of aryl methyl sites for hydroxylation is 2. The van der Waals surface area contributed by atoms with Crippen LogP contribution in [-0.4, -0.2) is 30.8 Å². The van der Waals surface area contributed by atoms with Gasteiger partial charge in [-0.15, -0.1) is 0 Å². The van der Waals surface area contributed by atoms with Crippen LogP contribution in [-0.2, 0) is 26.6 Å². The highest BCUT2D eigenvalue weighted by molar-refractivity contribution is 5.69. The second-order valence-electron chi connectivity index (χ2n) is 8.53. The summed E-state index contributed by atoms with van der Waals surface area (Å²) in [6.07, 6.45) is 2.98. The molecule has 172 valence electrons. The molecule has 1 N–H and O–H groups in total. The molecule has 3 rings (SSSR count). The van der Waals surface area contributed by atoms with E-state index in [1.54, 1.807) is 0 Å². The number of nitrogens with zero attached hydrogens (tertiary/aromatic N) is 4. The van der Waals surface area contributed by atoms with Crippen molar-refractivity contribution in [2.45, 2.75) is 59.6 Å². The molecule has 2 heterocycles. The minimum absolute atomic E-state index is 0.147. The second-order valence-corrected chi connectivity index (χ2v) is 8.53. The van der Waals surface area contributed by atoms with Crippen LogP contribution in [0.25, 0.3) is 11.2 Å². The zero-order valence-corrected chi connectivity index (χ0v) is 19.3. The fraction of sp³-hybridized carbons (Fsp3) is 0.500. The molecule has 0 amide bonds. The van der Waals surface area contributed by atoms with Crippen LogP contribution in [0.4, 0.5) is 0 Å². The van der Waals surface area contributed by atoms with Crippen molar-refractivity contribution in [3.05, 3.63) is 62.1 Å². The van der Waals surface area contributed by atoms with Gasteiger partial charge in [0.2, 0.25) is 0 Å². The molecule has 1 aromatic carbocycles. The first-order valence-electron chi connectivity index (χ1n) is 11.1. The van der Waals surface area contributed by atoms with E-state index in [9.17, 15) is 9.59 Å². The number of aliphatic hydroxyl groups excluding tert-OH is 1. The van der Waals surface area contributed by atoms with Gasteiger partial charge in [0.15, 0.2) is 11.2 Å². The number of hydrogen-bond acceptors (Lipinski definition) is 6. The minimum atomic E-state index is -0.444. The average molecular weight is 441 g/mol. The Labute approximate surface area is 187 Å². The van der Waals surface area contributed by atoms with Crippen molar-refractivity contribution in [2.75, 3.05) is 6.61 Å². The monoisotopic (exact) mass is 440 g/mol. The molecule has 0 aliphatic rings. The van der Waals surface area contributed by atoms with Crippen molar-refractivity contribution in [1.29, 1.82) is 0 Å². The number of rotatable bonds is 10. The van der Waals surface area contributed by atoms with Crippen LogP contribution in [0.3, 0.4) is 0 Å². The molecule has 0 spiro atoms. The molecule has 0 aliphatic heterocycles. The average Bonchev–Trinajstić information content (AvgIpc) is 2.77. The first-order valence-corrected chi connectivity index (χ1v) is 11.1. The Morgan fingerprint density at radius 2 is 1.81 bits per heavy atom. The molecule has 2 aromatic heterocycles. The lowest BCUT2D eigenvalue weighted by Crippen LogP contribution is -2.40. The molecular formula is C24H32N4O4. The number of fused-ring (bicyclic) bond motifs is 1. The summed E-state index contributed by atoms with van der Waals surface area (Å²) in [6, 6.07) is 7.73. The quantitative estimate of drug-likeness (QED) is 0.487. The van der Waals surface area contributed by atoms with Crippen molar-refractivity contribution in [1.82, 2.24) is 19.1 Å². The van der Waals surface area contributed by atoms with E-state index in [1.807, 2.05) is 45.0 Å². The van der Waals surface area contributed by atoms with E-state index < -0.39 is 11.2 Å². The van der Waals surface area contributed by atoms with Gasteiger partial charge in [0, 0.05) is 20.2 Å². The highest BCUT2D eigenvalue weighted by atomic mass is 16.5. The van der Waals surface area contributed by atoms with E-state index in [0.717, 1.165) is 28.7 Å². The number of aromatic nitrogens is 4. The lowest BCUT2D eigenvalue weighted by atomic mass is 10.1. The van der Waals surface area contributed by atoms with Crippen LogP contribution in [0.1, 0.15) is 50.1 Å². The maximum atomic E-state index is 12.8. The van der Waals surface area contributed by atoms with Crippen LogP contribution in [0.2, 0.25) is 0 Å². The maximum absolute atomic E-state index is 12.8. The molecule has 32 heavy (non-hydrogen) atoms. The van der Waals surface area contributed by atoms with Gasteiger partial charge in [0.25, 0.3) is 5.56 Å².